The van der Waals surface area contributed by atoms with Gasteiger partial charge in [0.2, 0.25) is 16.2 Å². The Morgan fingerprint density at radius 1 is 1.21 bits per heavy atom. The van der Waals surface area contributed by atoms with Crippen LogP contribution in [-0.2, 0) is 14.6 Å². The number of hydrogen-bond acceptors (Lipinski definition) is 4. The third-order valence-corrected chi connectivity index (χ3v) is 5.38. The number of thiophene rings is 1. The van der Waals surface area contributed by atoms with Crippen molar-refractivity contribution < 1.29 is 13.2 Å². The van der Waals surface area contributed by atoms with E-state index >= 15 is 0 Å². The summed E-state index contributed by atoms with van der Waals surface area (Å²) >= 11 is 1.39. The molecule has 0 saturated heterocycles. The van der Waals surface area contributed by atoms with E-state index in [4.69, 9.17) is 0 Å². The molecule has 6 heteroatoms. The predicted octanol–water partition coefficient (Wildman–Crippen LogP) is 2.28. The summed E-state index contributed by atoms with van der Waals surface area (Å²) in [6.07, 6.45) is 0.411. The Kier molecular flexibility index (Phi) is 4.01. The van der Waals surface area contributed by atoms with E-state index in [0.717, 1.165) is 5.56 Å². The number of rotatable bonds is 5. The van der Waals surface area contributed by atoms with Crippen molar-refractivity contribution in [2.75, 3.05) is 0 Å². The zero-order chi connectivity index (χ0) is 13.9. The van der Waals surface area contributed by atoms with Crippen molar-refractivity contribution in [3.8, 4) is 0 Å². The summed E-state index contributed by atoms with van der Waals surface area (Å²) in [5.41, 5.74) is 1.55. The fraction of sp³-hybridized carbons (Fsp3) is 0.154. The highest BCUT2D eigenvalue weighted by atomic mass is 32.2. The smallest absolute Gasteiger partial charge is 0.208 e. The van der Waals surface area contributed by atoms with Crippen LogP contribution in [0.1, 0.15) is 16.5 Å². The number of benzene rings is 1. The molecule has 2 aromatic rings. The van der Waals surface area contributed by atoms with E-state index in [1.807, 2.05) is 6.92 Å². The van der Waals surface area contributed by atoms with Crippen molar-refractivity contribution in [3.05, 3.63) is 52.2 Å². The molecule has 1 atom stereocenters. The van der Waals surface area contributed by atoms with Gasteiger partial charge in [-0.2, -0.15) is 11.3 Å². The normalized spacial score (nSPS) is 12.9. The highest BCUT2D eigenvalue weighted by Crippen LogP contribution is 2.27. The molecule has 100 valence electrons. The Morgan fingerprint density at radius 3 is 2.42 bits per heavy atom. The van der Waals surface area contributed by atoms with E-state index in [9.17, 15) is 13.2 Å². The number of carbonyl (C=O) groups excluding carboxylic acids is 1. The van der Waals surface area contributed by atoms with Crippen molar-refractivity contribution in [2.45, 2.75) is 17.2 Å². The molecule has 0 saturated carbocycles. The molecule has 0 bridgehead atoms. The number of nitrogens with one attached hydrogen (secondary N) is 1. The average Bonchev–Trinajstić information content (AvgIpc) is 2.89. The molecule has 1 unspecified atom stereocenters. The fourth-order valence-corrected chi connectivity index (χ4v) is 4.01. The molecule has 1 heterocycles. The molecule has 0 aliphatic rings. The monoisotopic (exact) mass is 295 g/mol. The molecule has 1 amide bonds. The Labute approximate surface area is 116 Å². The summed E-state index contributed by atoms with van der Waals surface area (Å²) in [6, 6.07) is 8.27. The molecule has 0 spiro atoms. The van der Waals surface area contributed by atoms with E-state index < -0.39 is 15.2 Å². The maximum atomic E-state index is 12.5. The second-order valence-electron chi connectivity index (χ2n) is 4.08. The molecule has 2 rings (SSSR count). The van der Waals surface area contributed by atoms with Gasteiger partial charge < -0.3 is 5.32 Å². The van der Waals surface area contributed by atoms with Crippen molar-refractivity contribution in [1.82, 2.24) is 5.32 Å². The van der Waals surface area contributed by atoms with Crippen LogP contribution in [0.5, 0.6) is 0 Å². The summed E-state index contributed by atoms with van der Waals surface area (Å²) < 4.78 is 25.0. The minimum atomic E-state index is -3.64. The number of aryl methyl sites for hydroxylation is 1. The van der Waals surface area contributed by atoms with Crippen molar-refractivity contribution in [3.63, 3.8) is 0 Å². The van der Waals surface area contributed by atoms with E-state index in [-0.39, 0.29) is 4.90 Å². The van der Waals surface area contributed by atoms with Gasteiger partial charge in [-0.1, -0.05) is 17.7 Å². The Bertz CT molecular complexity index is 646. The van der Waals surface area contributed by atoms with Gasteiger partial charge in [0.1, 0.15) is 0 Å². The number of carbonyl (C=O) groups is 1. The molecule has 4 nitrogen and oxygen atoms in total. The van der Waals surface area contributed by atoms with E-state index in [2.05, 4.69) is 5.32 Å². The molecular formula is C13H13NO3S2. The second kappa shape index (κ2) is 5.54. The minimum Gasteiger partial charge on any atom is -0.338 e. The Balaban J connectivity index is 2.45. The lowest BCUT2D eigenvalue weighted by Gasteiger charge is -2.16. The van der Waals surface area contributed by atoms with E-state index in [0.29, 0.717) is 12.0 Å². The number of hydrogen-bond donors (Lipinski definition) is 1. The van der Waals surface area contributed by atoms with Gasteiger partial charge in [0.15, 0.2) is 5.37 Å². The lowest BCUT2D eigenvalue weighted by Crippen LogP contribution is -2.27. The maximum Gasteiger partial charge on any atom is 0.208 e. The van der Waals surface area contributed by atoms with E-state index in [1.165, 1.54) is 11.3 Å². The van der Waals surface area contributed by atoms with Crippen LogP contribution in [0.25, 0.3) is 0 Å². The molecule has 0 radical (unpaired) electrons. The lowest BCUT2D eigenvalue weighted by atomic mass is 10.2. The highest BCUT2D eigenvalue weighted by molar-refractivity contribution is 7.91. The second-order valence-corrected chi connectivity index (χ2v) is 6.89. The van der Waals surface area contributed by atoms with Gasteiger partial charge in [-0.25, -0.2) is 8.42 Å². The van der Waals surface area contributed by atoms with Gasteiger partial charge in [0.05, 0.1) is 4.90 Å². The zero-order valence-electron chi connectivity index (χ0n) is 10.2. The third-order valence-electron chi connectivity index (χ3n) is 2.73. The lowest BCUT2D eigenvalue weighted by molar-refractivity contribution is -0.109. The third kappa shape index (κ3) is 2.85. The SMILES string of the molecule is Cc1ccc(S(=O)(=O)C(NC=O)c2ccsc2)cc1. The highest BCUT2D eigenvalue weighted by Gasteiger charge is 2.28. The zero-order valence-corrected chi connectivity index (χ0v) is 11.9. The molecule has 0 fully saturated rings. The van der Waals surface area contributed by atoms with Gasteiger partial charge in [-0.05, 0) is 35.9 Å². The molecule has 0 aliphatic carbocycles. The topological polar surface area (TPSA) is 63.2 Å². The number of amides is 1. The molecule has 1 N–H and O–H groups in total. The average molecular weight is 295 g/mol. The molecule has 19 heavy (non-hydrogen) atoms. The summed E-state index contributed by atoms with van der Waals surface area (Å²) in [5, 5.41) is 4.83. The molecule has 1 aromatic carbocycles. The summed E-state index contributed by atoms with van der Waals surface area (Å²) in [4.78, 5) is 10.9. The first-order valence-electron chi connectivity index (χ1n) is 5.58. The van der Waals surface area contributed by atoms with Crippen molar-refractivity contribution >= 4 is 27.6 Å². The quantitative estimate of drug-likeness (QED) is 0.861. The van der Waals surface area contributed by atoms with Crippen molar-refractivity contribution in [1.29, 1.82) is 0 Å². The van der Waals surface area contributed by atoms with Crippen LogP contribution in [0.3, 0.4) is 0 Å². The maximum absolute atomic E-state index is 12.5. The Morgan fingerprint density at radius 2 is 1.89 bits per heavy atom. The van der Waals surface area contributed by atoms with Gasteiger partial charge in [0, 0.05) is 5.56 Å². The fourth-order valence-electron chi connectivity index (χ4n) is 1.71. The van der Waals surface area contributed by atoms with Crippen LogP contribution in [0.4, 0.5) is 0 Å². The first-order valence-corrected chi connectivity index (χ1v) is 8.07. The van der Waals surface area contributed by atoms with Crippen LogP contribution in [0, 0.1) is 6.92 Å². The number of sulfone groups is 1. The Hall–Kier alpha value is -1.66. The molecule has 0 aliphatic heterocycles. The van der Waals surface area contributed by atoms with Crippen LogP contribution in [0.2, 0.25) is 0 Å². The summed E-state index contributed by atoms with van der Waals surface area (Å²) in [7, 11) is -3.64. The standard InChI is InChI=1S/C13H13NO3S2/c1-10-2-4-12(5-3-10)19(16,17)13(14-9-15)11-6-7-18-8-11/h2-9,13H,1H3,(H,14,15). The van der Waals surface area contributed by atoms with Gasteiger partial charge in [-0.15, -0.1) is 0 Å². The first-order chi connectivity index (χ1) is 9.05. The largest absolute Gasteiger partial charge is 0.338 e. The predicted molar refractivity (Wildman–Crippen MR) is 74.6 cm³/mol. The minimum absolute atomic E-state index is 0.198. The van der Waals surface area contributed by atoms with Crippen LogP contribution in [0.15, 0.2) is 46.0 Å². The summed E-state index contributed by atoms with van der Waals surface area (Å²) in [6.45, 7) is 1.89. The van der Waals surface area contributed by atoms with E-state index in [1.54, 1.807) is 41.1 Å². The van der Waals surface area contributed by atoms with Crippen LogP contribution in [-0.4, -0.2) is 14.8 Å². The van der Waals surface area contributed by atoms with Crippen LogP contribution < -0.4 is 5.32 Å². The van der Waals surface area contributed by atoms with Gasteiger partial charge in [-0.3, -0.25) is 4.79 Å². The van der Waals surface area contributed by atoms with Gasteiger partial charge >= 0.3 is 0 Å². The van der Waals surface area contributed by atoms with Crippen LogP contribution >= 0.6 is 11.3 Å². The summed E-state index contributed by atoms with van der Waals surface area (Å²) in [5.74, 6) is 0. The van der Waals surface area contributed by atoms with Crippen molar-refractivity contribution in [2.24, 2.45) is 0 Å². The first kappa shape index (κ1) is 13.8. The molecular weight excluding hydrogens is 282 g/mol. The van der Waals surface area contributed by atoms with Gasteiger partial charge in [0.25, 0.3) is 0 Å². The molecule has 1 aromatic heterocycles.